The van der Waals surface area contributed by atoms with Gasteiger partial charge in [-0.2, -0.15) is 0 Å². The molecule has 22 heavy (non-hydrogen) atoms. The molecule has 3 rings (SSSR count). The van der Waals surface area contributed by atoms with Crippen molar-refractivity contribution in [3.05, 3.63) is 36.0 Å². The SMILES string of the molecule is C[C@H]1[C@H](C)CCC[C@@H]1NC(=O)CCc1c[nH]c2ccccc12. The summed E-state index contributed by atoms with van der Waals surface area (Å²) in [4.78, 5) is 15.5. The number of hydrogen-bond donors (Lipinski definition) is 2. The van der Waals surface area contributed by atoms with Crippen LogP contribution >= 0.6 is 0 Å². The number of aryl methyl sites for hydroxylation is 1. The van der Waals surface area contributed by atoms with Crippen LogP contribution in [0.5, 0.6) is 0 Å². The van der Waals surface area contributed by atoms with Crippen molar-refractivity contribution in [3.63, 3.8) is 0 Å². The van der Waals surface area contributed by atoms with E-state index in [4.69, 9.17) is 0 Å². The number of nitrogens with one attached hydrogen (secondary N) is 2. The highest BCUT2D eigenvalue weighted by Crippen LogP contribution is 2.29. The largest absolute Gasteiger partial charge is 0.361 e. The van der Waals surface area contributed by atoms with Crippen molar-refractivity contribution >= 4 is 16.8 Å². The maximum absolute atomic E-state index is 12.3. The molecule has 3 nitrogen and oxygen atoms in total. The predicted molar refractivity (Wildman–Crippen MR) is 90.7 cm³/mol. The maximum Gasteiger partial charge on any atom is 0.220 e. The molecule has 0 radical (unpaired) electrons. The monoisotopic (exact) mass is 298 g/mol. The molecule has 0 spiro atoms. The summed E-state index contributed by atoms with van der Waals surface area (Å²) in [6.07, 6.45) is 7.06. The average molecular weight is 298 g/mol. The summed E-state index contributed by atoms with van der Waals surface area (Å²) in [5, 5.41) is 4.49. The zero-order valence-corrected chi connectivity index (χ0v) is 13.6. The van der Waals surface area contributed by atoms with Crippen molar-refractivity contribution in [1.29, 1.82) is 0 Å². The van der Waals surface area contributed by atoms with Crippen molar-refractivity contribution in [2.24, 2.45) is 11.8 Å². The Balaban J connectivity index is 1.56. The van der Waals surface area contributed by atoms with E-state index in [1.807, 2.05) is 18.3 Å². The highest BCUT2D eigenvalue weighted by Gasteiger charge is 2.27. The van der Waals surface area contributed by atoms with Crippen molar-refractivity contribution in [2.45, 2.75) is 52.0 Å². The van der Waals surface area contributed by atoms with Gasteiger partial charge in [-0.1, -0.05) is 44.9 Å². The lowest BCUT2D eigenvalue weighted by atomic mass is 9.78. The molecule has 0 bridgehead atoms. The van der Waals surface area contributed by atoms with Crippen LogP contribution in [0.15, 0.2) is 30.5 Å². The fraction of sp³-hybridized carbons (Fsp3) is 0.526. The van der Waals surface area contributed by atoms with Gasteiger partial charge in [-0.05, 0) is 36.3 Å². The molecule has 2 aromatic rings. The molecule has 0 saturated heterocycles. The number of para-hydroxylation sites is 1. The Morgan fingerprint density at radius 3 is 2.95 bits per heavy atom. The molecule has 3 heteroatoms. The number of H-pyrrole nitrogens is 1. The van der Waals surface area contributed by atoms with Gasteiger partial charge in [0, 0.05) is 29.6 Å². The second kappa shape index (κ2) is 6.55. The molecule has 1 aliphatic carbocycles. The summed E-state index contributed by atoms with van der Waals surface area (Å²) in [5.74, 6) is 1.50. The van der Waals surface area contributed by atoms with Gasteiger partial charge >= 0.3 is 0 Å². The number of aromatic amines is 1. The van der Waals surface area contributed by atoms with Gasteiger partial charge < -0.3 is 10.3 Å². The summed E-state index contributed by atoms with van der Waals surface area (Å²) in [6.45, 7) is 4.57. The average Bonchev–Trinajstić information content (AvgIpc) is 2.93. The minimum atomic E-state index is 0.191. The highest BCUT2D eigenvalue weighted by atomic mass is 16.1. The Labute approximate surface area is 132 Å². The Hall–Kier alpha value is -1.77. The summed E-state index contributed by atoms with van der Waals surface area (Å²) < 4.78 is 0. The molecule has 1 amide bonds. The van der Waals surface area contributed by atoms with Gasteiger partial charge in [0.05, 0.1) is 0 Å². The molecule has 3 atom stereocenters. The molecule has 1 aromatic carbocycles. The number of amides is 1. The standard InChI is InChI=1S/C19H26N2O/c1-13-6-5-9-17(14(13)2)21-19(22)11-10-15-12-20-18-8-4-3-7-16(15)18/h3-4,7-8,12-14,17,20H,5-6,9-11H2,1-2H3,(H,21,22)/t13-,14+,17+/m1/s1. The number of carbonyl (C=O) groups is 1. The van der Waals surface area contributed by atoms with E-state index in [0.717, 1.165) is 18.4 Å². The first-order valence-corrected chi connectivity index (χ1v) is 8.49. The number of aromatic nitrogens is 1. The van der Waals surface area contributed by atoms with Crippen molar-refractivity contribution in [3.8, 4) is 0 Å². The Bertz CT molecular complexity index is 646. The van der Waals surface area contributed by atoms with Crippen molar-refractivity contribution in [2.75, 3.05) is 0 Å². The van der Waals surface area contributed by atoms with Crippen LogP contribution in [-0.2, 0) is 11.2 Å². The third-order valence-corrected chi connectivity index (χ3v) is 5.35. The van der Waals surface area contributed by atoms with Crippen LogP contribution in [0.4, 0.5) is 0 Å². The maximum atomic E-state index is 12.3. The fourth-order valence-corrected chi connectivity index (χ4v) is 3.65. The van der Waals surface area contributed by atoms with Crippen LogP contribution < -0.4 is 5.32 Å². The van der Waals surface area contributed by atoms with E-state index < -0.39 is 0 Å². The second-order valence-corrected chi connectivity index (χ2v) is 6.80. The third-order valence-electron chi connectivity index (χ3n) is 5.35. The van der Waals surface area contributed by atoms with E-state index in [1.54, 1.807) is 0 Å². The summed E-state index contributed by atoms with van der Waals surface area (Å²) in [5.41, 5.74) is 2.38. The number of benzene rings is 1. The molecule has 2 N–H and O–H groups in total. The molecule has 118 valence electrons. The van der Waals surface area contributed by atoms with Gasteiger partial charge in [0.15, 0.2) is 0 Å². The number of carbonyl (C=O) groups excluding carboxylic acids is 1. The van der Waals surface area contributed by atoms with Crippen LogP contribution in [0.25, 0.3) is 10.9 Å². The first-order valence-electron chi connectivity index (χ1n) is 8.49. The van der Waals surface area contributed by atoms with Crippen LogP contribution in [0, 0.1) is 11.8 Å². The van der Waals surface area contributed by atoms with E-state index in [-0.39, 0.29) is 5.91 Å². The molecule has 1 saturated carbocycles. The van der Waals surface area contributed by atoms with Crippen molar-refractivity contribution < 1.29 is 4.79 Å². The van der Waals surface area contributed by atoms with E-state index in [1.165, 1.54) is 23.8 Å². The first kappa shape index (κ1) is 15.1. The predicted octanol–water partition coefficient (Wildman–Crippen LogP) is 4.04. The molecular formula is C19H26N2O. The Kier molecular flexibility index (Phi) is 4.51. The lowest BCUT2D eigenvalue weighted by molar-refractivity contribution is -0.122. The molecule has 1 heterocycles. The van der Waals surface area contributed by atoms with Gasteiger partial charge in [-0.25, -0.2) is 0 Å². The van der Waals surface area contributed by atoms with Crippen LogP contribution in [-0.4, -0.2) is 16.9 Å². The third kappa shape index (κ3) is 3.18. The fourth-order valence-electron chi connectivity index (χ4n) is 3.65. The molecule has 1 aliphatic rings. The van der Waals surface area contributed by atoms with Crippen LogP contribution in [0.2, 0.25) is 0 Å². The lowest BCUT2D eigenvalue weighted by Crippen LogP contribution is -2.43. The van der Waals surface area contributed by atoms with E-state index >= 15 is 0 Å². The van der Waals surface area contributed by atoms with Crippen LogP contribution in [0.3, 0.4) is 0 Å². The van der Waals surface area contributed by atoms with E-state index in [2.05, 4.69) is 36.3 Å². The highest BCUT2D eigenvalue weighted by molar-refractivity contribution is 5.84. The Morgan fingerprint density at radius 1 is 1.27 bits per heavy atom. The number of fused-ring (bicyclic) bond motifs is 1. The second-order valence-electron chi connectivity index (χ2n) is 6.80. The summed E-state index contributed by atoms with van der Waals surface area (Å²) in [7, 11) is 0. The molecule has 0 aliphatic heterocycles. The van der Waals surface area contributed by atoms with E-state index in [0.29, 0.717) is 24.3 Å². The Morgan fingerprint density at radius 2 is 2.09 bits per heavy atom. The first-order chi connectivity index (χ1) is 10.6. The molecule has 1 fully saturated rings. The smallest absolute Gasteiger partial charge is 0.220 e. The molecule has 0 unspecified atom stereocenters. The van der Waals surface area contributed by atoms with E-state index in [9.17, 15) is 4.79 Å². The minimum absolute atomic E-state index is 0.191. The van der Waals surface area contributed by atoms with Gasteiger partial charge in [-0.15, -0.1) is 0 Å². The van der Waals surface area contributed by atoms with Gasteiger partial charge in [0.2, 0.25) is 5.91 Å². The zero-order chi connectivity index (χ0) is 15.5. The van der Waals surface area contributed by atoms with Gasteiger partial charge in [0.25, 0.3) is 0 Å². The van der Waals surface area contributed by atoms with Gasteiger partial charge in [0.1, 0.15) is 0 Å². The van der Waals surface area contributed by atoms with Gasteiger partial charge in [-0.3, -0.25) is 4.79 Å². The lowest BCUT2D eigenvalue weighted by Gasteiger charge is -2.34. The summed E-state index contributed by atoms with van der Waals surface area (Å²) >= 11 is 0. The topological polar surface area (TPSA) is 44.9 Å². The molecular weight excluding hydrogens is 272 g/mol. The number of hydrogen-bond acceptors (Lipinski definition) is 1. The van der Waals surface area contributed by atoms with Crippen LogP contribution in [0.1, 0.15) is 45.1 Å². The quantitative estimate of drug-likeness (QED) is 0.879. The zero-order valence-electron chi connectivity index (χ0n) is 13.6. The number of rotatable bonds is 4. The molecule has 1 aromatic heterocycles. The minimum Gasteiger partial charge on any atom is -0.361 e. The normalized spacial score (nSPS) is 25.3. The van der Waals surface area contributed by atoms with Crippen molar-refractivity contribution in [1.82, 2.24) is 10.3 Å². The summed E-state index contributed by atoms with van der Waals surface area (Å²) in [6, 6.07) is 8.62.